The maximum Gasteiger partial charge on any atom is 0.212 e. The van der Waals surface area contributed by atoms with Crippen LogP contribution in [-0.2, 0) is 0 Å². The minimum atomic E-state index is -0.793. The number of rotatable bonds is 3. The van der Waals surface area contributed by atoms with Crippen molar-refractivity contribution in [2.24, 2.45) is 5.92 Å². The summed E-state index contributed by atoms with van der Waals surface area (Å²) in [6.07, 6.45) is 0.718. The van der Waals surface area contributed by atoms with Crippen LogP contribution < -0.4 is 4.74 Å². The summed E-state index contributed by atoms with van der Waals surface area (Å²) in [7, 11) is 1.52. The van der Waals surface area contributed by atoms with E-state index in [-0.39, 0.29) is 0 Å². The molecule has 14 heavy (non-hydrogen) atoms. The van der Waals surface area contributed by atoms with E-state index in [2.05, 4.69) is 4.98 Å². The molecule has 0 aliphatic carbocycles. The molecule has 0 saturated heterocycles. The zero-order chi connectivity index (χ0) is 10.6. The Kier molecular flexibility index (Phi) is 3.43. The lowest BCUT2D eigenvalue weighted by Crippen LogP contribution is -2.07. The molecule has 0 fully saturated rings. The first-order valence-corrected chi connectivity index (χ1v) is 4.26. The summed E-state index contributed by atoms with van der Waals surface area (Å²) in [6.45, 7) is 1.66. The highest BCUT2D eigenvalue weighted by Crippen LogP contribution is 2.21. The van der Waals surface area contributed by atoms with Crippen LogP contribution in [0.1, 0.15) is 18.6 Å². The maximum atomic E-state index is 9.65. The predicted octanol–water partition coefficient (Wildman–Crippen LogP) is 1.28. The number of pyridine rings is 1. The zero-order valence-electron chi connectivity index (χ0n) is 8.14. The standard InChI is InChI=1S/C10H12N2O2/c1-7(5-11)10(13)8-3-4-9(14-2)12-6-8/h3-4,6-7,10,13H,1-2H3. The summed E-state index contributed by atoms with van der Waals surface area (Å²) in [5.41, 5.74) is 0.625. The molecule has 74 valence electrons. The van der Waals surface area contributed by atoms with Crippen LogP contribution in [-0.4, -0.2) is 17.2 Å². The summed E-state index contributed by atoms with van der Waals surface area (Å²) in [6, 6.07) is 5.34. The van der Waals surface area contributed by atoms with Gasteiger partial charge in [-0.1, -0.05) is 0 Å². The van der Waals surface area contributed by atoms with Crippen LogP contribution in [0.25, 0.3) is 0 Å². The summed E-state index contributed by atoms with van der Waals surface area (Å²) >= 11 is 0. The lowest BCUT2D eigenvalue weighted by atomic mass is 10.0. The van der Waals surface area contributed by atoms with Crippen molar-refractivity contribution < 1.29 is 9.84 Å². The first-order valence-electron chi connectivity index (χ1n) is 4.26. The second-order valence-corrected chi connectivity index (χ2v) is 3.00. The van der Waals surface area contributed by atoms with Gasteiger partial charge in [0.2, 0.25) is 5.88 Å². The van der Waals surface area contributed by atoms with Gasteiger partial charge in [-0.2, -0.15) is 5.26 Å². The Balaban J connectivity index is 2.82. The SMILES string of the molecule is COc1ccc(C(O)C(C)C#N)cn1. The second-order valence-electron chi connectivity index (χ2n) is 3.00. The molecule has 0 bridgehead atoms. The van der Waals surface area contributed by atoms with E-state index in [0.717, 1.165) is 0 Å². The highest BCUT2D eigenvalue weighted by molar-refractivity contribution is 5.21. The van der Waals surface area contributed by atoms with E-state index >= 15 is 0 Å². The van der Waals surface area contributed by atoms with Crippen molar-refractivity contribution in [3.05, 3.63) is 23.9 Å². The number of nitrogens with zero attached hydrogens (tertiary/aromatic N) is 2. The molecule has 0 aliphatic heterocycles. The number of aliphatic hydroxyl groups is 1. The van der Waals surface area contributed by atoms with Crippen molar-refractivity contribution in [1.82, 2.24) is 4.98 Å². The Morgan fingerprint density at radius 2 is 2.29 bits per heavy atom. The van der Waals surface area contributed by atoms with Crippen LogP contribution in [0.2, 0.25) is 0 Å². The monoisotopic (exact) mass is 192 g/mol. The van der Waals surface area contributed by atoms with Crippen molar-refractivity contribution in [3.63, 3.8) is 0 Å². The van der Waals surface area contributed by atoms with Crippen molar-refractivity contribution >= 4 is 0 Å². The number of nitriles is 1. The highest BCUT2D eigenvalue weighted by atomic mass is 16.5. The zero-order valence-corrected chi connectivity index (χ0v) is 8.14. The molecule has 0 spiro atoms. The van der Waals surface area contributed by atoms with Gasteiger partial charge in [0, 0.05) is 17.8 Å². The second kappa shape index (κ2) is 4.58. The van der Waals surface area contributed by atoms with E-state index < -0.39 is 12.0 Å². The number of hydrogen-bond acceptors (Lipinski definition) is 4. The average molecular weight is 192 g/mol. The third kappa shape index (κ3) is 2.21. The first kappa shape index (κ1) is 10.5. The van der Waals surface area contributed by atoms with Gasteiger partial charge in [-0.05, 0) is 13.0 Å². The van der Waals surface area contributed by atoms with Crippen LogP contribution >= 0.6 is 0 Å². The lowest BCUT2D eigenvalue weighted by Gasteiger charge is -2.12. The largest absolute Gasteiger partial charge is 0.481 e. The fraction of sp³-hybridized carbons (Fsp3) is 0.400. The molecule has 2 atom stereocenters. The van der Waals surface area contributed by atoms with E-state index in [0.29, 0.717) is 11.4 Å². The van der Waals surface area contributed by atoms with Gasteiger partial charge in [0.15, 0.2) is 0 Å². The van der Waals surface area contributed by atoms with Gasteiger partial charge in [0.05, 0.1) is 25.2 Å². The molecular formula is C10H12N2O2. The molecule has 0 saturated carbocycles. The predicted molar refractivity (Wildman–Crippen MR) is 50.5 cm³/mol. The Labute approximate surface area is 82.8 Å². The number of aliphatic hydroxyl groups excluding tert-OH is 1. The Bertz CT molecular complexity index is 329. The van der Waals surface area contributed by atoms with E-state index in [1.807, 2.05) is 6.07 Å². The molecule has 1 heterocycles. The number of ether oxygens (including phenoxy) is 1. The number of hydrogen-bond donors (Lipinski definition) is 1. The Hall–Kier alpha value is -1.60. The quantitative estimate of drug-likeness (QED) is 0.783. The van der Waals surface area contributed by atoms with Crippen LogP contribution in [0.5, 0.6) is 5.88 Å². The molecular weight excluding hydrogens is 180 g/mol. The third-order valence-electron chi connectivity index (χ3n) is 1.99. The molecule has 0 amide bonds. The van der Waals surface area contributed by atoms with Crippen molar-refractivity contribution in [1.29, 1.82) is 5.26 Å². The van der Waals surface area contributed by atoms with E-state index in [4.69, 9.17) is 10.00 Å². The number of methoxy groups -OCH3 is 1. The van der Waals surface area contributed by atoms with Crippen LogP contribution in [0.3, 0.4) is 0 Å². The molecule has 2 unspecified atom stereocenters. The summed E-state index contributed by atoms with van der Waals surface area (Å²) < 4.78 is 4.88. The smallest absolute Gasteiger partial charge is 0.212 e. The normalized spacial score (nSPS) is 14.1. The fourth-order valence-corrected chi connectivity index (χ4v) is 1.05. The molecule has 0 radical (unpaired) electrons. The summed E-state index contributed by atoms with van der Waals surface area (Å²) in [4.78, 5) is 3.94. The van der Waals surface area contributed by atoms with Gasteiger partial charge in [0.25, 0.3) is 0 Å². The minimum absolute atomic E-state index is 0.440. The van der Waals surface area contributed by atoms with Gasteiger partial charge >= 0.3 is 0 Å². The highest BCUT2D eigenvalue weighted by Gasteiger charge is 2.15. The lowest BCUT2D eigenvalue weighted by molar-refractivity contribution is 0.142. The first-order chi connectivity index (χ1) is 6.69. The van der Waals surface area contributed by atoms with E-state index in [1.54, 1.807) is 19.1 Å². The fourth-order valence-electron chi connectivity index (χ4n) is 1.05. The number of aromatic nitrogens is 1. The van der Waals surface area contributed by atoms with Crippen LogP contribution in [0.4, 0.5) is 0 Å². The van der Waals surface area contributed by atoms with Gasteiger partial charge in [-0.3, -0.25) is 0 Å². The molecule has 4 nitrogen and oxygen atoms in total. The topological polar surface area (TPSA) is 66.1 Å². The molecule has 0 aromatic carbocycles. The molecule has 0 aliphatic rings. The molecule has 1 aromatic heterocycles. The van der Waals surface area contributed by atoms with Gasteiger partial charge in [-0.15, -0.1) is 0 Å². The van der Waals surface area contributed by atoms with Crippen molar-refractivity contribution in [2.45, 2.75) is 13.0 Å². The maximum absolute atomic E-state index is 9.65. The van der Waals surface area contributed by atoms with Crippen LogP contribution in [0.15, 0.2) is 18.3 Å². The molecule has 4 heteroatoms. The average Bonchev–Trinajstić information content (AvgIpc) is 2.27. The summed E-state index contributed by atoms with van der Waals surface area (Å²) in [5.74, 6) is 0.0516. The van der Waals surface area contributed by atoms with Gasteiger partial charge < -0.3 is 9.84 Å². The summed E-state index contributed by atoms with van der Waals surface area (Å²) in [5, 5.41) is 18.3. The van der Waals surface area contributed by atoms with Crippen molar-refractivity contribution in [2.75, 3.05) is 7.11 Å². The third-order valence-corrected chi connectivity index (χ3v) is 1.99. The minimum Gasteiger partial charge on any atom is -0.481 e. The molecule has 1 aromatic rings. The van der Waals surface area contributed by atoms with Gasteiger partial charge in [0.1, 0.15) is 0 Å². The Morgan fingerprint density at radius 3 is 2.71 bits per heavy atom. The molecule has 1 rings (SSSR count). The van der Waals surface area contributed by atoms with Gasteiger partial charge in [-0.25, -0.2) is 4.98 Å². The van der Waals surface area contributed by atoms with E-state index in [1.165, 1.54) is 13.3 Å². The molecule has 1 N–H and O–H groups in total. The Morgan fingerprint density at radius 1 is 1.57 bits per heavy atom. The van der Waals surface area contributed by atoms with E-state index in [9.17, 15) is 5.11 Å². The van der Waals surface area contributed by atoms with Crippen molar-refractivity contribution in [3.8, 4) is 11.9 Å². The van der Waals surface area contributed by atoms with Crippen LogP contribution in [0, 0.1) is 17.2 Å².